The van der Waals surface area contributed by atoms with Crippen LogP contribution in [0.4, 0.5) is 4.79 Å². The number of hydrogen-bond acceptors (Lipinski definition) is 4. The van der Waals surface area contributed by atoms with Crippen LogP contribution in [-0.4, -0.2) is 33.3 Å². The van der Waals surface area contributed by atoms with E-state index in [0.29, 0.717) is 13.1 Å². The van der Waals surface area contributed by atoms with E-state index in [4.69, 9.17) is 4.52 Å². The third-order valence-corrected chi connectivity index (χ3v) is 2.41. The molecule has 0 radical (unpaired) electrons. The monoisotopic (exact) mass is 249 g/mol. The normalized spacial score (nSPS) is 10.3. The number of amides is 2. The summed E-state index contributed by atoms with van der Waals surface area (Å²) in [4.78, 5) is 13.3. The Kier molecular flexibility index (Phi) is 3.61. The van der Waals surface area contributed by atoms with E-state index in [1.165, 1.54) is 4.90 Å². The van der Waals surface area contributed by atoms with Gasteiger partial charge in [0.25, 0.3) is 0 Å². The lowest BCUT2D eigenvalue weighted by atomic mass is 10.3. The largest absolute Gasteiger partial charge is 0.361 e. The number of carbonyl (C=O) groups is 1. The van der Waals surface area contributed by atoms with Gasteiger partial charge in [-0.25, -0.2) is 4.79 Å². The van der Waals surface area contributed by atoms with Gasteiger partial charge in [-0.15, -0.1) is 0 Å². The van der Waals surface area contributed by atoms with E-state index in [-0.39, 0.29) is 6.03 Å². The molecule has 2 heterocycles. The standard InChI is InChI=1S/C11H15N5O2/c1-8-5-10(15-18-8)7-16(2)11(17)12-6-9-3-4-13-14-9/h3-5H,6-7H2,1-2H3,(H,12,17)(H,13,14). The minimum Gasteiger partial charge on any atom is -0.361 e. The fraction of sp³-hybridized carbons (Fsp3) is 0.364. The summed E-state index contributed by atoms with van der Waals surface area (Å²) in [5.74, 6) is 0.733. The van der Waals surface area contributed by atoms with Crippen molar-refractivity contribution in [2.24, 2.45) is 0 Å². The molecule has 18 heavy (non-hydrogen) atoms. The zero-order chi connectivity index (χ0) is 13.0. The minimum absolute atomic E-state index is 0.176. The number of H-pyrrole nitrogens is 1. The Hall–Kier alpha value is -2.31. The third kappa shape index (κ3) is 3.09. The van der Waals surface area contributed by atoms with Crippen LogP contribution in [0.15, 0.2) is 22.9 Å². The summed E-state index contributed by atoms with van der Waals surface area (Å²) in [6.45, 7) is 2.64. The molecule has 2 rings (SSSR count). The minimum atomic E-state index is -0.176. The van der Waals surface area contributed by atoms with Crippen LogP contribution in [0.2, 0.25) is 0 Å². The molecule has 0 aliphatic carbocycles. The summed E-state index contributed by atoms with van der Waals surface area (Å²) in [5, 5.41) is 13.2. The van der Waals surface area contributed by atoms with Gasteiger partial charge in [-0.1, -0.05) is 5.16 Å². The Morgan fingerprint density at radius 3 is 3.06 bits per heavy atom. The number of hydrogen-bond donors (Lipinski definition) is 2. The van der Waals surface area contributed by atoms with E-state index in [1.807, 2.05) is 6.92 Å². The first-order valence-corrected chi connectivity index (χ1v) is 5.54. The van der Waals surface area contributed by atoms with Gasteiger partial charge in [-0.3, -0.25) is 5.10 Å². The summed E-state index contributed by atoms with van der Waals surface area (Å²) in [7, 11) is 1.70. The van der Waals surface area contributed by atoms with Gasteiger partial charge in [-0.2, -0.15) is 5.10 Å². The molecule has 0 saturated carbocycles. The maximum absolute atomic E-state index is 11.8. The van der Waals surface area contributed by atoms with Crippen LogP contribution in [0.25, 0.3) is 0 Å². The fourth-order valence-corrected chi connectivity index (χ4v) is 1.50. The molecule has 0 fully saturated rings. The van der Waals surface area contributed by atoms with E-state index in [0.717, 1.165) is 17.1 Å². The zero-order valence-corrected chi connectivity index (χ0v) is 10.3. The van der Waals surface area contributed by atoms with Crippen molar-refractivity contribution in [1.82, 2.24) is 25.6 Å². The number of rotatable bonds is 4. The molecule has 0 spiro atoms. The second-order valence-electron chi connectivity index (χ2n) is 4.03. The van der Waals surface area contributed by atoms with E-state index in [9.17, 15) is 4.79 Å². The first-order valence-electron chi connectivity index (χ1n) is 5.54. The molecule has 7 nitrogen and oxygen atoms in total. The van der Waals surface area contributed by atoms with Gasteiger partial charge in [0.15, 0.2) is 0 Å². The molecule has 0 aliphatic heterocycles. The van der Waals surface area contributed by atoms with Crippen molar-refractivity contribution >= 4 is 6.03 Å². The van der Waals surface area contributed by atoms with Crippen LogP contribution in [0.1, 0.15) is 17.1 Å². The number of aromatic nitrogens is 3. The SMILES string of the molecule is Cc1cc(CN(C)C(=O)NCc2ccn[nH]2)no1. The Morgan fingerprint density at radius 1 is 1.61 bits per heavy atom. The molecule has 0 aliphatic rings. The number of nitrogens with zero attached hydrogens (tertiary/aromatic N) is 3. The van der Waals surface area contributed by atoms with Crippen molar-refractivity contribution in [3.05, 3.63) is 35.5 Å². The molecule has 0 atom stereocenters. The second kappa shape index (κ2) is 5.35. The highest BCUT2D eigenvalue weighted by atomic mass is 16.5. The number of nitrogens with one attached hydrogen (secondary N) is 2. The van der Waals surface area contributed by atoms with Crippen molar-refractivity contribution in [3.8, 4) is 0 Å². The molecule has 7 heteroatoms. The van der Waals surface area contributed by atoms with Crippen LogP contribution < -0.4 is 5.32 Å². The second-order valence-corrected chi connectivity index (χ2v) is 4.03. The quantitative estimate of drug-likeness (QED) is 0.847. The summed E-state index contributed by atoms with van der Waals surface area (Å²) in [5.41, 5.74) is 1.58. The molecule has 2 amide bonds. The van der Waals surface area contributed by atoms with Crippen LogP contribution in [0.5, 0.6) is 0 Å². The predicted molar refractivity (Wildman–Crippen MR) is 63.5 cm³/mol. The lowest BCUT2D eigenvalue weighted by Gasteiger charge is -2.15. The van der Waals surface area contributed by atoms with Crippen molar-refractivity contribution in [3.63, 3.8) is 0 Å². The van der Waals surface area contributed by atoms with Gasteiger partial charge in [0, 0.05) is 19.3 Å². The van der Waals surface area contributed by atoms with Crippen molar-refractivity contribution in [2.45, 2.75) is 20.0 Å². The van der Waals surface area contributed by atoms with Crippen LogP contribution >= 0.6 is 0 Å². The van der Waals surface area contributed by atoms with Crippen LogP contribution in [0.3, 0.4) is 0 Å². The highest BCUT2D eigenvalue weighted by molar-refractivity contribution is 5.73. The van der Waals surface area contributed by atoms with Crippen LogP contribution in [-0.2, 0) is 13.1 Å². The highest BCUT2D eigenvalue weighted by Crippen LogP contribution is 2.04. The fourth-order valence-electron chi connectivity index (χ4n) is 1.50. The Bertz CT molecular complexity index is 505. The van der Waals surface area contributed by atoms with Gasteiger partial charge in [-0.05, 0) is 13.0 Å². The van der Waals surface area contributed by atoms with E-state index < -0.39 is 0 Å². The van der Waals surface area contributed by atoms with Gasteiger partial charge >= 0.3 is 6.03 Å². The molecule has 0 unspecified atom stereocenters. The third-order valence-electron chi connectivity index (χ3n) is 2.41. The average molecular weight is 249 g/mol. The summed E-state index contributed by atoms with van der Waals surface area (Å²) < 4.78 is 4.94. The van der Waals surface area contributed by atoms with Gasteiger partial charge in [0.05, 0.1) is 18.8 Å². The van der Waals surface area contributed by atoms with Crippen LogP contribution in [0, 0.1) is 6.92 Å². The van der Waals surface area contributed by atoms with Gasteiger partial charge < -0.3 is 14.7 Å². The zero-order valence-electron chi connectivity index (χ0n) is 10.3. The van der Waals surface area contributed by atoms with Crippen molar-refractivity contribution in [2.75, 3.05) is 7.05 Å². The maximum atomic E-state index is 11.8. The van der Waals surface area contributed by atoms with Crippen molar-refractivity contribution in [1.29, 1.82) is 0 Å². The Labute approximate surface area is 104 Å². The Morgan fingerprint density at radius 2 is 2.44 bits per heavy atom. The van der Waals surface area contributed by atoms with E-state index >= 15 is 0 Å². The number of carbonyl (C=O) groups excluding carboxylic acids is 1. The summed E-state index contributed by atoms with van der Waals surface area (Å²) in [6, 6.07) is 3.44. The smallest absolute Gasteiger partial charge is 0.317 e. The maximum Gasteiger partial charge on any atom is 0.317 e. The van der Waals surface area contributed by atoms with Crippen molar-refractivity contribution < 1.29 is 9.32 Å². The molecule has 0 saturated heterocycles. The summed E-state index contributed by atoms with van der Waals surface area (Å²) >= 11 is 0. The molecule has 0 bridgehead atoms. The van der Waals surface area contributed by atoms with Gasteiger partial charge in [0.1, 0.15) is 11.5 Å². The average Bonchev–Trinajstić information content (AvgIpc) is 2.97. The first kappa shape index (κ1) is 12.2. The van der Waals surface area contributed by atoms with Gasteiger partial charge in [0.2, 0.25) is 0 Å². The molecule has 2 aromatic rings. The number of aryl methyl sites for hydroxylation is 1. The molecule has 2 N–H and O–H groups in total. The molecular weight excluding hydrogens is 234 g/mol. The lowest BCUT2D eigenvalue weighted by molar-refractivity contribution is 0.205. The molecule has 96 valence electrons. The first-order chi connectivity index (χ1) is 8.65. The van der Waals surface area contributed by atoms with E-state index in [1.54, 1.807) is 25.4 Å². The molecular formula is C11H15N5O2. The topological polar surface area (TPSA) is 87.0 Å². The van der Waals surface area contributed by atoms with E-state index in [2.05, 4.69) is 20.7 Å². The number of aromatic amines is 1. The molecule has 2 aromatic heterocycles. The molecule has 0 aromatic carbocycles. The summed E-state index contributed by atoms with van der Waals surface area (Å²) in [6.07, 6.45) is 1.64. The number of urea groups is 1. The highest BCUT2D eigenvalue weighted by Gasteiger charge is 2.11. The predicted octanol–water partition coefficient (Wildman–Crippen LogP) is 1.05. The lowest BCUT2D eigenvalue weighted by Crippen LogP contribution is -2.36. The Balaban J connectivity index is 1.81.